The van der Waals surface area contributed by atoms with Crippen molar-refractivity contribution in [3.05, 3.63) is 0 Å². The predicted molar refractivity (Wildman–Crippen MR) is 29.9 cm³/mol. The molecule has 58 valence electrons. The van der Waals surface area contributed by atoms with Crippen molar-refractivity contribution in [3.63, 3.8) is 0 Å². The molecule has 4 N–H and O–H groups in total. The van der Waals surface area contributed by atoms with Crippen LogP contribution in [0, 0.1) is 0 Å². The first-order valence-electron chi connectivity index (χ1n) is 1.16. The average molecular weight is 199 g/mol. The van der Waals surface area contributed by atoms with Crippen molar-refractivity contribution in [2.75, 3.05) is 0 Å². The molecule has 0 aliphatic heterocycles. The third-order valence-corrected chi connectivity index (χ3v) is 0. The molecule has 0 saturated heterocycles. The Morgan fingerprint density at radius 1 is 1.30 bits per heavy atom. The van der Waals surface area contributed by atoms with Gasteiger partial charge in [0.1, 0.15) is 0 Å². The molecular weight excluding hydrogens is 194 g/mol. The molecule has 0 atom stereocenters. The van der Waals surface area contributed by atoms with Gasteiger partial charge in [0.15, 0.2) is 0 Å². The minimum absolute atomic E-state index is 0. The van der Waals surface area contributed by atoms with Crippen molar-refractivity contribution < 1.29 is 27.4 Å². The smallest absolute Gasteiger partial charge is 0.759 e. The molecule has 0 amide bonds. The maximum absolute atomic E-state index is 8.52. The molecule has 0 aromatic heterocycles. The molecule has 9 heteroatoms. The SMILES string of the molecule is N.O=CO.O=S(=O)([O-])[O-].[Ca+2]. The zero-order chi connectivity index (χ0) is 7.21. The van der Waals surface area contributed by atoms with Crippen molar-refractivity contribution in [2.45, 2.75) is 0 Å². The van der Waals surface area contributed by atoms with Crippen LogP contribution in [-0.4, -0.2) is 66.8 Å². The first kappa shape index (κ1) is 22.4. The molecule has 7 nitrogen and oxygen atoms in total. The molecular formula is CH5CaNO6S. The number of carbonyl (C=O) groups is 1. The predicted octanol–water partition coefficient (Wildman–Crippen LogP) is -1.86. The van der Waals surface area contributed by atoms with E-state index in [4.69, 9.17) is 27.4 Å². The van der Waals surface area contributed by atoms with Gasteiger partial charge in [0.2, 0.25) is 0 Å². The first-order chi connectivity index (χ1) is 3.41. The second-order valence-electron chi connectivity index (χ2n) is 0.514. The van der Waals surface area contributed by atoms with Crippen LogP contribution in [-0.2, 0) is 15.2 Å². The molecule has 10 heavy (non-hydrogen) atoms. The van der Waals surface area contributed by atoms with E-state index in [1.165, 1.54) is 0 Å². The second kappa shape index (κ2) is 12.3. The van der Waals surface area contributed by atoms with Crippen LogP contribution in [0.15, 0.2) is 0 Å². The molecule has 0 saturated carbocycles. The zero-order valence-corrected chi connectivity index (χ0v) is 7.91. The van der Waals surface area contributed by atoms with Gasteiger partial charge in [-0.3, -0.25) is 13.2 Å². The largest absolute Gasteiger partial charge is 2.00 e. The molecule has 0 unspecified atom stereocenters. The summed E-state index contributed by atoms with van der Waals surface area (Å²) in [5.41, 5.74) is 0. The number of carboxylic acid groups (broad SMARTS) is 1. The fourth-order valence-electron chi connectivity index (χ4n) is 0. The minimum atomic E-state index is -5.17. The van der Waals surface area contributed by atoms with Gasteiger partial charge < -0.3 is 20.4 Å². The van der Waals surface area contributed by atoms with Crippen molar-refractivity contribution in [1.82, 2.24) is 6.15 Å². The van der Waals surface area contributed by atoms with Crippen LogP contribution >= 0.6 is 0 Å². The van der Waals surface area contributed by atoms with Gasteiger partial charge in [0.25, 0.3) is 6.47 Å². The van der Waals surface area contributed by atoms with Gasteiger partial charge in [-0.1, -0.05) is 0 Å². The van der Waals surface area contributed by atoms with Crippen LogP contribution in [0.3, 0.4) is 0 Å². The molecule has 0 heterocycles. The fraction of sp³-hybridized carbons (Fsp3) is 0. The third-order valence-electron chi connectivity index (χ3n) is 0. The normalized spacial score (nSPS) is 7.00. The van der Waals surface area contributed by atoms with Gasteiger partial charge in [-0.05, 0) is 0 Å². The minimum Gasteiger partial charge on any atom is -0.759 e. The van der Waals surface area contributed by atoms with Crippen molar-refractivity contribution in [1.29, 1.82) is 0 Å². The summed E-state index contributed by atoms with van der Waals surface area (Å²) in [5.74, 6) is 0. The summed E-state index contributed by atoms with van der Waals surface area (Å²) in [6.45, 7) is -0.250. The van der Waals surface area contributed by atoms with Gasteiger partial charge in [-0.15, -0.1) is 0 Å². The van der Waals surface area contributed by atoms with E-state index in [-0.39, 0.29) is 50.4 Å². The van der Waals surface area contributed by atoms with Crippen LogP contribution in [0.5, 0.6) is 0 Å². The summed E-state index contributed by atoms with van der Waals surface area (Å²) in [4.78, 5) is 8.36. The Hall–Kier alpha value is 0.560. The van der Waals surface area contributed by atoms with E-state index in [1.54, 1.807) is 0 Å². The molecule has 0 aliphatic rings. The fourth-order valence-corrected chi connectivity index (χ4v) is 0. The van der Waals surface area contributed by atoms with Gasteiger partial charge in [0, 0.05) is 10.4 Å². The average Bonchev–Trinajstić information content (AvgIpc) is 1.27. The Morgan fingerprint density at radius 2 is 1.30 bits per heavy atom. The molecule has 0 rings (SSSR count). The molecule has 0 fully saturated rings. The van der Waals surface area contributed by atoms with Gasteiger partial charge >= 0.3 is 37.7 Å². The van der Waals surface area contributed by atoms with E-state index in [2.05, 4.69) is 0 Å². The Balaban J connectivity index is -0.0000000326. The molecule has 0 aromatic carbocycles. The van der Waals surface area contributed by atoms with Crippen molar-refractivity contribution >= 4 is 54.6 Å². The monoisotopic (exact) mass is 199 g/mol. The molecule has 0 radical (unpaired) electrons. The maximum Gasteiger partial charge on any atom is 2.00 e. The quantitative estimate of drug-likeness (QED) is 0.201. The van der Waals surface area contributed by atoms with E-state index in [9.17, 15) is 0 Å². The van der Waals surface area contributed by atoms with E-state index in [1.807, 2.05) is 0 Å². The van der Waals surface area contributed by atoms with E-state index >= 15 is 0 Å². The molecule has 0 aromatic rings. The topological polar surface area (TPSA) is 153 Å². The Morgan fingerprint density at radius 3 is 1.30 bits per heavy atom. The second-order valence-corrected chi connectivity index (χ2v) is 1.33. The first-order valence-corrected chi connectivity index (χ1v) is 2.49. The van der Waals surface area contributed by atoms with Crippen LogP contribution in [0.1, 0.15) is 0 Å². The van der Waals surface area contributed by atoms with Gasteiger partial charge in [-0.2, -0.15) is 0 Å². The van der Waals surface area contributed by atoms with Gasteiger partial charge in [0.05, 0.1) is 0 Å². The van der Waals surface area contributed by atoms with Crippen LogP contribution in [0.4, 0.5) is 0 Å². The summed E-state index contributed by atoms with van der Waals surface area (Å²) in [7, 11) is -5.17. The van der Waals surface area contributed by atoms with Crippen LogP contribution in [0.25, 0.3) is 0 Å². The molecule has 0 aliphatic carbocycles. The van der Waals surface area contributed by atoms with Gasteiger partial charge in [-0.25, -0.2) is 0 Å². The number of hydrogen-bond donors (Lipinski definition) is 2. The van der Waals surface area contributed by atoms with Crippen LogP contribution in [0.2, 0.25) is 0 Å². The summed E-state index contributed by atoms with van der Waals surface area (Å²) < 4.78 is 34.1. The van der Waals surface area contributed by atoms with Crippen molar-refractivity contribution in [3.8, 4) is 0 Å². The summed E-state index contributed by atoms with van der Waals surface area (Å²) in [6.07, 6.45) is 0. The van der Waals surface area contributed by atoms with Crippen LogP contribution < -0.4 is 6.15 Å². The Kier molecular flexibility index (Phi) is 27.5. The standard InChI is InChI=1S/CH2O2.Ca.H3N.H2O4S/c2-1-3;;;1-5(2,3)4/h1H,(H,2,3);;1H3;(H2,1,2,3,4)/q;+2;;/p-2. The summed E-state index contributed by atoms with van der Waals surface area (Å²) in [5, 5.41) is 6.89. The number of rotatable bonds is 0. The Labute approximate surface area is 87.6 Å². The van der Waals surface area contributed by atoms with E-state index in [0.717, 1.165) is 0 Å². The number of hydrogen-bond acceptors (Lipinski definition) is 6. The van der Waals surface area contributed by atoms with E-state index in [0.29, 0.717) is 0 Å². The third kappa shape index (κ3) is 1560. The Bertz CT molecular complexity index is 132. The molecule has 0 spiro atoms. The summed E-state index contributed by atoms with van der Waals surface area (Å²) in [6, 6.07) is 0. The maximum atomic E-state index is 8.52. The van der Waals surface area contributed by atoms with E-state index < -0.39 is 10.4 Å². The zero-order valence-electron chi connectivity index (χ0n) is 4.89. The molecule has 0 bridgehead atoms. The summed E-state index contributed by atoms with van der Waals surface area (Å²) >= 11 is 0. The van der Waals surface area contributed by atoms with Crippen molar-refractivity contribution in [2.24, 2.45) is 0 Å².